The molecule has 0 unspecified atom stereocenters. The molecule has 0 spiro atoms. The number of amides is 1. The summed E-state index contributed by atoms with van der Waals surface area (Å²) in [5.74, 6) is 0.566. The molecule has 1 aromatic heterocycles. The molecule has 0 atom stereocenters. The number of carbonyl (C=O) groups excluding carboxylic acids is 1. The summed E-state index contributed by atoms with van der Waals surface area (Å²) in [5, 5.41) is 3.98. The molecule has 3 rings (SSSR count). The normalized spacial score (nSPS) is 15.3. The summed E-state index contributed by atoms with van der Waals surface area (Å²) in [6.45, 7) is 2.48. The van der Waals surface area contributed by atoms with Gasteiger partial charge in [0.05, 0.1) is 5.56 Å². The zero-order valence-corrected chi connectivity index (χ0v) is 15.9. The van der Waals surface area contributed by atoms with Gasteiger partial charge >= 0.3 is 0 Å². The van der Waals surface area contributed by atoms with E-state index in [-0.39, 0.29) is 23.9 Å². The fourth-order valence-corrected chi connectivity index (χ4v) is 3.56. The van der Waals surface area contributed by atoms with Crippen LogP contribution in [-0.2, 0) is 0 Å². The quantitative estimate of drug-likeness (QED) is 0.812. The monoisotopic (exact) mass is 413 g/mol. The predicted molar refractivity (Wildman–Crippen MR) is 102 cm³/mol. The van der Waals surface area contributed by atoms with Crippen molar-refractivity contribution in [2.45, 2.75) is 12.8 Å². The third kappa shape index (κ3) is 3.99. The van der Waals surface area contributed by atoms with Gasteiger partial charge in [0.2, 0.25) is 5.56 Å². The minimum Gasteiger partial charge on any atom is -0.339 e. The Kier molecular flexibility index (Phi) is 6.43. The molecule has 1 amide bonds. The van der Waals surface area contributed by atoms with E-state index in [1.807, 2.05) is 30.1 Å². The molecule has 130 valence electrons. The summed E-state index contributed by atoms with van der Waals surface area (Å²) in [6.07, 6.45) is 1.99. The van der Waals surface area contributed by atoms with Crippen LogP contribution in [0.25, 0.3) is 10.9 Å². The number of fused-ring (bicyclic) bond motifs is 1. The average Bonchev–Trinajstić information content (AvgIpc) is 2.55. The van der Waals surface area contributed by atoms with Crippen molar-refractivity contribution in [2.24, 2.45) is 5.92 Å². The third-order valence-corrected chi connectivity index (χ3v) is 4.92. The molecule has 2 aromatic rings. The fourth-order valence-electron chi connectivity index (χ4n) is 3.20. The van der Waals surface area contributed by atoms with E-state index in [9.17, 15) is 9.59 Å². The standard InChI is InChI=1S/C17H20BrN3O2.ClH/c1-19-10-11-4-6-21(7-5-11)17(23)14-9-16(22)20-15-3-2-12(18)8-13(14)15;/h2-3,8-9,11,19H,4-7,10H2,1H3,(H,20,22);1H. The SMILES string of the molecule is CNCC1CCN(C(=O)c2cc(=O)[nH]c3ccc(Br)cc23)CC1.Cl. The maximum atomic E-state index is 12.9. The van der Waals surface area contributed by atoms with Crippen molar-refractivity contribution >= 4 is 45.1 Å². The summed E-state index contributed by atoms with van der Waals surface area (Å²) < 4.78 is 0.888. The lowest BCUT2D eigenvalue weighted by Gasteiger charge is -2.32. The molecule has 1 aliphatic rings. The smallest absolute Gasteiger partial charge is 0.254 e. The molecular formula is C17H21BrClN3O2. The first-order valence-corrected chi connectivity index (χ1v) is 8.64. The van der Waals surface area contributed by atoms with Crippen molar-refractivity contribution in [2.75, 3.05) is 26.7 Å². The number of piperidine rings is 1. The number of nitrogens with one attached hydrogen (secondary N) is 2. The van der Waals surface area contributed by atoms with Gasteiger partial charge in [-0.3, -0.25) is 9.59 Å². The van der Waals surface area contributed by atoms with Crippen molar-refractivity contribution in [3.63, 3.8) is 0 Å². The lowest BCUT2D eigenvalue weighted by atomic mass is 9.96. The highest BCUT2D eigenvalue weighted by molar-refractivity contribution is 9.10. The molecule has 0 saturated carbocycles. The summed E-state index contributed by atoms with van der Waals surface area (Å²) in [4.78, 5) is 29.4. The van der Waals surface area contributed by atoms with Gasteiger partial charge in [0.25, 0.3) is 5.91 Å². The lowest BCUT2D eigenvalue weighted by Crippen LogP contribution is -2.40. The number of H-pyrrole nitrogens is 1. The first-order chi connectivity index (χ1) is 11.1. The Hall–Kier alpha value is -1.37. The van der Waals surface area contributed by atoms with Crippen LogP contribution in [0.1, 0.15) is 23.2 Å². The number of pyridine rings is 1. The minimum atomic E-state index is -0.242. The maximum absolute atomic E-state index is 12.9. The van der Waals surface area contributed by atoms with Crippen molar-refractivity contribution < 1.29 is 4.79 Å². The topological polar surface area (TPSA) is 65.2 Å². The second-order valence-corrected chi connectivity index (χ2v) is 6.95. The lowest BCUT2D eigenvalue weighted by molar-refractivity contribution is 0.0692. The van der Waals surface area contributed by atoms with Gasteiger partial charge in [-0.25, -0.2) is 0 Å². The molecule has 0 bridgehead atoms. The number of hydrogen-bond acceptors (Lipinski definition) is 3. The number of rotatable bonds is 3. The molecule has 1 aromatic carbocycles. The number of aromatic nitrogens is 1. The number of hydrogen-bond donors (Lipinski definition) is 2. The Balaban J connectivity index is 0.00000208. The van der Waals surface area contributed by atoms with Crippen LogP contribution in [0.4, 0.5) is 0 Å². The molecular weight excluding hydrogens is 394 g/mol. The number of carbonyl (C=O) groups is 1. The molecule has 1 fully saturated rings. The van der Waals surface area contributed by atoms with E-state index in [0.717, 1.165) is 42.3 Å². The van der Waals surface area contributed by atoms with Crippen molar-refractivity contribution in [3.8, 4) is 0 Å². The maximum Gasteiger partial charge on any atom is 0.254 e. The van der Waals surface area contributed by atoms with Gasteiger partial charge in [-0.1, -0.05) is 15.9 Å². The molecule has 1 saturated heterocycles. The molecule has 0 aliphatic carbocycles. The number of aromatic amines is 1. The summed E-state index contributed by atoms with van der Waals surface area (Å²) in [7, 11) is 1.96. The molecule has 5 nitrogen and oxygen atoms in total. The van der Waals surface area contributed by atoms with E-state index in [2.05, 4.69) is 26.2 Å². The van der Waals surface area contributed by atoms with Gasteiger partial charge in [0.1, 0.15) is 0 Å². The Morgan fingerprint density at radius 2 is 2.04 bits per heavy atom. The van der Waals surface area contributed by atoms with Gasteiger partial charge < -0.3 is 15.2 Å². The summed E-state index contributed by atoms with van der Waals surface area (Å²) in [5.41, 5.74) is 0.930. The largest absolute Gasteiger partial charge is 0.339 e. The molecule has 2 N–H and O–H groups in total. The Morgan fingerprint density at radius 3 is 2.71 bits per heavy atom. The highest BCUT2D eigenvalue weighted by Crippen LogP contribution is 2.24. The van der Waals surface area contributed by atoms with Gasteiger partial charge in [-0.2, -0.15) is 0 Å². The molecule has 7 heteroatoms. The Morgan fingerprint density at radius 1 is 1.33 bits per heavy atom. The van der Waals surface area contributed by atoms with Crippen LogP contribution in [0.15, 0.2) is 33.5 Å². The average molecular weight is 415 g/mol. The zero-order chi connectivity index (χ0) is 16.4. The number of benzene rings is 1. The Labute approximate surface area is 155 Å². The van der Waals surface area contributed by atoms with Crippen LogP contribution in [0.2, 0.25) is 0 Å². The summed E-state index contributed by atoms with van der Waals surface area (Å²) in [6, 6.07) is 6.97. The van der Waals surface area contributed by atoms with Crippen LogP contribution in [0.5, 0.6) is 0 Å². The molecule has 1 aliphatic heterocycles. The van der Waals surface area contributed by atoms with Crippen molar-refractivity contribution in [3.05, 3.63) is 44.7 Å². The number of nitrogens with zero attached hydrogens (tertiary/aromatic N) is 1. The summed E-state index contributed by atoms with van der Waals surface area (Å²) >= 11 is 3.43. The van der Waals surface area contributed by atoms with E-state index >= 15 is 0 Å². The van der Waals surface area contributed by atoms with Gasteiger partial charge in [0, 0.05) is 34.5 Å². The Bertz CT molecular complexity index is 785. The van der Waals surface area contributed by atoms with E-state index < -0.39 is 0 Å². The van der Waals surface area contributed by atoms with Crippen LogP contribution in [0.3, 0.4) is 0 Å². The van der Waals surface area contributed by atoms with Crippen molar-refractivity contribution in [1.82, 2.24) is 15.2 Å². The van der Waals surface area contributed by atoms with Crippen molar-refractivity contribution in [1.29, 1.82) is 0 Å². The molecule has 0 radical (unpaired) electrons. The highest BCUT2D eigenvalue weighted by atomic mass is 79.9. The van der Waals surface area contributed by atoms with Gasteiger partial charge in [0.15, 0.2) is 0 Å². The minimum absolute atomic E-state index is 0. The molecule has 24 heavy (non-hydrogen) atoms. The van der Waals surface area contributed by atoms with Crippen LogP contribution in [0, 0.1) is 5.92 Å². The third-order valence-electron chi connectivity index (χ3n) is 4.43. The van der Waals surface area contributed by atoms with Crippen LogP contribution < -0.4 is 10.9 Å². The van der Waals surface area contributed by atoms with Crippen LogP contribution in [-0.4, -0.2) is 42.5 Å². The first kappa shape index (κ1) is 19.0. The fraction of sp³-hybridized carbons (Fsp3) is 0.412. The predicted octanol–water partition coefficient (Wildman–Crippen LogP) is 2.78. The van der Waals surface area contributed by atoms with E-state index in [1.54, 1.807) is 0 Å². The first-order valence-electron chi connectivity index (χ1n) is 7.85. The number of likely N-dealkylation sites (tertiary alicyclic amines) is 1. The zero-order valence-electron chi connectivity index (χ0n) is 13.5. The second kappa shape index (κ2) is 8.14. The second-order valence-electron chi connectivity index (χ2n) is 6.03. The van der Waals surface area contributed by atoms with E-state index in [1.165, 1.54) is 6.07 Å². The van der Waals surface area contributed by atoms with E-state index in [0.29, 0.717) is 17.0 Å². The highest BCUT2D eigenvalue weighted by Gasteiger charge is 2.24. The molecule has 2 heterocycles. The van der Waals surface area contributed by atoms with Crippen LogP contribution >= 0.6 is 28.3 Å². The number of halogens is 2. The van der Waals surface area contributed by atoms with E-state index in [4.69, 9.17) is 0 Å². The van der Waals surface area contributed by atoms with Gasteiger partial charge in [-0.05, 0) is 50.6 Å². The van der Waals surface area contributed by atoms with Gasteiger partial charge in [-0.15, -0.1) is 12.4 Å².